The standard InChI is InChI=1S/C22H28ClFO2/c1-21(2,3)15-8-9-17(23)18(11-15)26-13-14-10-16(22(4,5)6)12-19(25-7)20(14)24/h8-12H,13H2,1-7H3. The van der Waals surface area contributed by atoms with Gasteiger partial charge in [-0.25, -0.2) is 4.39 Å². The van der Waals surface area contributed by atoms with Crippen LogP contribution >= 0.6 is 11.6 Å². The summed E-state index contributed by atoms with van der Waals surface area (Å²) >= 11 is 6.27. The minimum atomic E-state index is -0.399. The van der Waals surface area contributed by atoms with Gasteiger partial charge < -0.3 is 9.47 Å². The van der Waals surface area contributed by atoms with Crippen LogP contribution in [0, 0.1) is 5.82 Å². The van der Waals surface area contributed by atoms with Crippen LogP contribution in [-0.2, 0) is 17.4 Å². The van der Waals surface area contributed by atoms with Crippen LogP contribution < -0.4 is 9.47 Å². The Morgan fingerprint density at radius 3 is 2.00 bits per heavy atom. The van der Waals surface area contributed by atoms with E-state index in [1.165, 1.54) is 7.11 Å². The Balaban J connectivity index is 2.35. The number of rotatable bonds is 4. The number of methoxy groups -OCH3 is 1. The zero-order valence-electron chi connectivity index (χ0n) is 16.7. The molecule has 0 fully saturated rings. The van der Waals surface area contributed by atoms with Gasteiger partial charge in [0.1, 0.15) is 12.4 Å². The zero-order chi connectivity index (χ0) is 19.7. The van der Waals surface area contributed by atoms with E-state index in [0.29, 0.717) is 16.3 Å². The van der Waals surface area contributed by atoms with Crippen LogP contribution in [0.2, 0.25) is 5.02 Å². The van der Waals surface area contributed by atoms with Crippen LogP contribution in [-0.4, -0.2) is 7.11 Å². The molecule has 4 heteroatoms. The second kappa shape index (κ2) is 7.48. The van der Waals surface area contributed by atoms with Crippen molar-refractivity contribution in [1.82, 2.24) is 0 Å². The molecule has 0 atom stereocenters. The van der Waals surface area contributed by atoms with Crippen molar-refractivity contribution in [3.63, 3.8) is 0 Å². The van der Waals surface area contributed by atoms with Crippen molar-refractivity contribution in [2.75, 3.05) is 7.11 Å². The second-order valence-corrected chi connectivity index (χ2v) is 8.99. The summed E-state index contributed by atoms with van der Waals surface area (Å²) in [5, 5.41) is 0.511. The maximum atomic E-state index is 14.7. The molecule has 2 nitrogen and oxygen atoms in total. The van der Waals surface area contributed by atoms with E-state index in [9.17, 15) is 4.39 Å². The lowest BCUT2D eigenvalue weighted by molar-refractivity contribution is 0.294. The van der Waals surface area contributed by atoms with E-state index in [-0.39, 0.29) is 23.2 Å². The SMILES string of the molecule is COc1cc(C(C)(C)C)cc(COc2cc(C(C)(C)C)ccc2Cl)c1F. The summed E-state index contributed by atoms with van der Waals surface area (Å²) in [7, 11) is 1.47. The van der Waals surface area contributed by atoms with Gasteiger partial charge >= 0.3 is 0 Å². The number of hydrogen-bond acceptors (Lipinski definition) is 2. The van der Waals surface area contributed by atoms with Crippen LogP contribution in [0.3, 0.4) is 0 Å². The van der Waals surface area contributed by atoms with Crippen LogP contribution in [0.4, 0.5) is 4.39 Å². The Labute approximate surface area is 161 Å². The van der Waals surface area contributed by atoms with Gasteiger partial charge in [-0.1, -0.05) is 59.2 Å². The molecule has 0 bridgehead atoms. The van der Waals surface area contributed by atoms with Crippen molar-refractivity contribution in [2.24, 2.45) is 0 Å². The fourth-order valence-corrected chi connectivity index (χ4v) is 2.75. The molecule has 26 heavy (non-hydrogen) atoms. The van der Waals surface area contributed by atoms with Crippen molar-refractivity contribution in [3.05, 3.63) is 57.9 Å². The van der Waals surface area contributed by atoms with Gasteiger partial charge in [-0.05, 0) is 46.2 Å². The molecule has 0 amide bonds. The van der Waals surface area contributed by atoms with Gasteiger partial charge in [-0.3, -0.25) is 0 Å². The van der Waals surface area contributed by atoms with E-state index < -0.39 is 5.82 Å². The fraction of sp³-hybridized carbons (Fsp3) is 0.455. The average Bonchev–Trinajstić information content (AvgIpc) is 2.53. The number of benzene rings is 2. The van der Waals surface area contributed by atoms with Crippen molar-refractivity contribution < 1.29 is 13.9 Å². The first kappa shape index (κ1) is 20.6. The molecule has 0 unspecified atom stereocenters. The first-order chi connectivity index (χ1) is 11.9. The van der Waals surface area contributed by atoms with Gasteiger partial charge in [0, 0.05) is 5.56 Å². The van der Waals surface area contributed by atoms with Crippen molar-refractivity contribution in [2.45, 2.75) is 59.0 Å². The Hall–Kier alpha value is -1.74. The van der Waals surface area contributed by atoms with Gasteiger partial charge in [0.15, 0.2) is 11.6 Å². The minimum absolute atomic E-state index is 0.0245. The maximum absolute atomic E-state index is 14.7. The highest BCUT2D eigenvalue weighted by Crippen LogP contribution is 2.34. The van der Waals surface area contributed by atoms with Crippen molar-refractivity contribution >= 4 is 11.6 Å². The topological polar surface area (TPSA) is 18.5 Å². The molecule has 142 valence electrons. The average molecular weight is 379 g/mol. The van der Waals surface area contributed by atoms with Crippen LogP contribution in [0.1, 0.15) is 58.2 Å². The third kappa shape index (κ3) is 4.70. The lowest BCUT2D eigenvalue weighted by Gasteiger charge is -2.22. The molecule has 0 saturated heterocycles. The summed E-state index contributed by atoms with van der Waals surface area (Å²) < 4.78 is 25.8. The molecule has 2 rings (SSSR count). The van der Waals surface area contributed by atoms with Crippen molar-refractivity contribution in [1.29, 1.82) is 0 Å². The lowest BCUT2D eigenvalue weighted by Crippen LogP contribution is -2.14. The van der Waals surface area contributed by atoms with Crippen LogP contribution in [0.25, 0.3) is 0 Å². The molecule has 0 heterocycles. The Bertz CT molecular complexity index is 786. The predicted octanol–water partition coefficient (Wildman–Crippen LogP) is 6.66. The molecule has 0 aromatic heterocycles. The molecule has 0 aliphatic heterocycles. The predicted molar refractivity (Wildman–Crippen MR) is 106 cm³/mol. The first-order valence-corrected chi connectivity index (χ1v) is 9.11. The van der Waals surface area contributed by atoms with Gasteiger partial charge in [-0.15, -0.1) is 0 Å². The highest BCUT2D eigenvalue weighted by atomic mass is 35.5. The van der Waals surface area contributed by atoms with Gasteiger partial charge in [0.25, 0.3) is 0 Å². The van der Waals surface area contributed by atoms with E-state index in [0.717, 1.165) is 11.1 Å². The highest BCUT2D eigenvalue weighted by Gasteiger charge is 2.21. The summed E-state index contributed by atoms with van der Waals surface area (Å²) in [6.07, 6.45) is 0. The van der Waals surface area contributed by atoms with Gasteiger partial charge in [0.05, 0.1) is 12.1 Å². The number of hydrogen-bond donors (Lipinski definition) is 0. The molecular formula is C22H28ClFO2. The minimum Gasteiger partial charge on any atom is -0.494 e. The maximum Gasteiger partial charge on any atom is 0.171 e. The van der Waals surface area contributed by atoms with Gasteiger partial charge in [-0.2, -0.15) is 0 Å². The largest absolute Gasteiger partial charge is 0.494 e. The molecule has 0 aliphatic rings. The molecular weight excluding hydrogens is 351 g/mol. The third-order valence-corrected chi connectivity index (χ3v) is 4.69. The molecule has 0 spiro atoms. The molecule has 2 aromatic rings. The molecule has 2 aromatic carbocycles. The summed E-state index contributed by atoms with van der Waals surface area (Å²) in [6, 6.07) is 9.30. The Kier molecular flexibility index (Phi) is 5.92. The summed E-state index contributed by atoms with van der Waals surface area (Å²) in [5.41, 5.74) is 2.40. The zero-order valence-corrected chi connectivity index (χ0v) is 17.4. The summed E-state index contributed by atoms with van der Waals surface area (Å²) in [4.78, 5) is 0. The van der Waals surface area contributed by atoms with E-state index in [4.69, 9.17) is 21.1 Å². The van der Waals surface area contributed by atoms with Crippen molar-refractivity contribution in [3.8, 4) is 11.5 Å². The molecule has 0 N–H and O–H groups in total. The monoisotopic (exact) mass is 378 g/mol. The molecule has 0 aliphatic carbocycles. The lowest BCUT2D eigenvalue weighted by atomic mass is 9.86. The van der Waals surface area contributed by atoms with Crippen LogP contribution in [0.5, 0.6) is 11.5 Å². The summed E-state index contributed by atoms with van der Waals surface area (Å²) in [6.45, 7) is 12.7. The Morgan fingerprint density at radius 1 is 0.885 bits per heavy atom. The Morgan fingerprint density at radius 2 is 1.46 bits per heavy atom. The molecule has 0 radical (unpaired) electrons. The number of halogens is 2. The van der Waals surface area contributed by atoms with Gasteiger partial charge in [0.2, 0.25) is 0 Å². The van der Waals surface area contributed by atoms with E-state index in [1.54, 1.807) is 6.07 Å². The normalized spacial score (nSPS) is 12.2. The smallest absolute Gasteiger partial charge is 0.171 e. The first-order valence-electron chi connectivity index (χ1n) is 8.73. The van der Waals surface area contributed by atoms with E-state index in [2.05, 4.69) is 41.5 Å². The second-order valence-electron chi connectivity index (χ2n) is 8.59. The number of ether oxygens (including phenoxy) is 2. The van der Waals surface area contributed by atoms with E-state index >= 15 is 0 Å². The van der Waals surface area contributed by atoms with Crippen LogP contribution in [0.15, 0.2) is 30.3 Å². The fourth-order valence-electron chi connectivity index (χ4n) is 2.58. The quantitative estimate of drug-likeness (QED) is 0.592. The molecule has 0 saturated carbocycles. The van der Waals surface area contributed by atoms with E-state index in [1.807, 2.05) is 24.3 Å². The third-order valence-electron chi connectivity index (χ3n) is 4.38. The summed E-state index contributed by atoms with van der Waals surface area (Å²) in [5.74, 6) is 0.382. The highest BCUT2D eigenvalue weighted by molar-refractivity contribution is 6.32.